The lowest BCUT2D eigenvalue weighted by atomic mass is 9.86. The third-order valence-electron chi connectivity index (χ3n) is 2.94. The van der Waals surface area contributed by atoms with Crippen LogP contribution in [-0.2, 0) is 20.2 Å². The molecular formula is C15H25NO4S. The maximum atomic E-state index is 10.7. The highest BCUT2D eigenvalue weighted by Gasteiger charge is 2.18. The van der Waals surface area contributed by atoms with E-state index in [-0.39, 0.29) is 17.8 Å². The van der Waals surface area contributed by atoms with E-state index >= 15 is 0 Å². The van der Waals surface area contributed by atoms with E-state index in [9.17, 15) is 8.42 Å². The minimum Gasteiger partial charge on any atom is -0.491 e. The topological polar surface area (TPSA) is 78.6 Å². The van der Waals surface area contributed by atoms with Crippen LogP contribution in [0.25, 0.3) is 0 Å². The highest BCUT2D eigenvalue weighted by Crippen LogP contribution is 2.31. The van der Waals surface area contributed by atoms with Gasteiger partial charge in [-0.1, -0.05) is 32.9 Å². The van der Waals surface area contributed by atoms with Crippen molar-refractivity contribution in [1.29, 1.82) is 0 Å². The summed E-state index contributed by atoms with van der Waals surface area (Å²) in [4.78, 5) is 0. The summed E-state index contributed by atoms with van der Waals surface area (Å²) in [6.45, 7) is 9.20. The van der Waals surface area contributed by atoms with Gasteiger partial charge in [0.15, 0.2) is 0 Å². The van der Waals surface area contributed by atoms with Gasteiger partial charge in [0.2, 0.25) is 10.0 Å². The molecule has 2 N–H and O–H groups in total. The van der Waals surface area contributed by atoms with Crippen molar-refractivity contribution in [1.82, 2.24) is 0 Å². The Morgan fingerprint density at radius 2 is 1.81 bits per heavy atom. The lowest BCUT2D eigenvalue weighted by Gasteiger charge is -2.23. The molecule has 1 aromatic carbocycles. The number of hydrogen-bond acceptors (Lipinski definition) is 4. The molecular weight excluding hydrogens is 290 g/mol. The average Bonchev–Trinajstić information content (AvgIpc) is 2.30. The van der Waals surface area contributed by atoms with Crippen LogP contribution in [0.15, 0.2) is 18.2 Å². The van der Waals surface area contributed by atoms with Gasteiger partial charge in [-0.2, -0.15) is 0 Å². The van der Waals surface area contributed by atoms with Gasteiger partial charge in [-0.3, -0.25) is 0 Å². The smallest absolute Gasteiger partial charge is 0.211 e. The molecule has 1 aromatic rings. The van der Waals surface area contributed by atoms with Crippen LogP contribution < -0.4 is 9.88 Å². The Hall–Kier alpha value is -1.11. The SMILES string of the molecule is Cc1ccc(C(C)(C)C)c(OCCOCCS(N)(=O)=O)c1. The largest absolute Gasteiger partial charge is 0.491 e. The van der Waals surface area contributed by atoms with E-state index in [2.05, 4.69) is 32.9 Å². The van der Waals surface area contributed by atoms with Crippen LogP contribution >= 0.6 is 0 Å². The zero-order chi connectivity index (χ0) is 16.1. The van der Waals surface area contributed by atoms with Crippen LogP contribution in [0.4, 0.5) is 0 Å². The van der Waals surface area contributed by atoms with Gasteiger partial charge in [-0.25, -0.2) is 13.6 Å². The third kappa shape index (κ3) is 6.93. The van der Waals surface area contributed by atoms with Crippen molar-refractivity contribution in [2.24, 2.45) is 5.14 Å². The predicted molar refractivity (Wildman–Crippen MR) is 84.2 cm³/mol. The van der Waals surface area contributed by atoms with Crippen LogP contribution in [-0.4, -0.2) is 34.0 Å². The zero-order valence-corrected chi connectivity index (χ0v) is 14.0. The first-order chi connectivity index (χ1) is 9.59. The molecule has 21 heavy (non-hydrogen) atoms. The summed E-state index contributed by atoms with van der Waals surface area (Å²) in [5.41, 5.74) is 2.27. The molecule has 0 atom stereocenters. The molecule has 0 aliphatic carbocycles. The van der Waals surface area contributed by atoms with Gasteiger partial charge in [0, 0.05) is 0 Å². The third-order valence-corrected chi connectivity index (χ3v) is 3.68. The number of sulfonamides is 1. The maximum Gasteiger partial charge on any atom is 0.211 e. The fraction of sp³-hybridized carbons (Fsp3) is 0.600. The summed E-state index contributed by atoms with van der Waals surface area (Å²) >= 11 is 0. The number of hydrogen-bond donors (Lipinski definition) is 1. The molecule has 0 unspecified atom stereocenters. The number of benzene rings is 1. The fourth-order valence-electron chi connectivity index (χ4n) is 1.86. The van der Waals surface area contributed by atoms with Gasteiger partial charge < -0.3 is 9.47 Å². The van der Waals surface area contributed by atoms with E-state index in [0.717, 1.165) is 16.9 Å². The number of aryl methyl sites for hydroxylation is 1. The summed E-state index contributed by atoms with van der Waals surface area (Å²) in [6.07, 6.45) is 0. The Morgan fingerprint density at radius 3 is 2.38 bits per heavy atom. The summed E-state index contributed by atoms with van der Waals surface area (Å²) in [6, 6.07) is 6.15. The van der Waals surface area contributed by atoms with E-state index < -0.39 is 10.0 Å². The molecule has 5 nitrogen and oxygen atoms in total. The Kier molecular flexibility index (Phi) is 6.19. The lowest BCUT2D eigenvalue weighted by molar-refractivity contribution is 0.110. The van der Waals surface area contributed by atoms with E-state index in [1.165, 1.54) is 0 Å². The molecule has 0 aliphatic heterocycles. The first-order valence-corrected chi connectivity index (χ1v) is 8.63. The fourth-order valence-corrected chi connectivity index (χ4v) is 2.21. The van der Waals surface area contributed by atoms with Crippen molar-refractivity contribution in [3.8, 4) is 5.75 Å². The molecule has 6 heteroatoms. The second kappa shape index (κ2) is 7.24. The quantitative estimate of drug-likeness (QED) is 0.780. The average molecular weight is 315 g/mol. The Labute approximate surface area is 127 Å². The molecule has 0 fully saturated rings. The minimum absolute atomic E-state index is 0.00246. The van der Waals surface area contributed by atoms with Crippen molar-refractivity contribution in [2.45, 2.75) is 33.1 Å². The highest BCUT2D eigenvalue weighted by atomic mass is 32.2. The molecule has 0 heterocycles. The second-order valence-electron chi connectivity index (χ2n) is 6.08. The first-order valence-electron chi connectivity index (χ1n) is 6.92. The van der Waals surface area contributed by atoms with Gasteiger partial charge in [0.25, 0.3) is 0 Å². The molecule has 1 rings (SSSR count). The summed E-state index contributed by atoms with van der Waals surface area (Å²) < 4.78 is 32.5. The summed E-state index contributed by atoms with van der Waals surface area (Å²) in [5.74, 6) is 0.669. The van der Waals surface area contributed by atoms with Crippen molar-refractivity contribution in [3.05, 3.63) is 29.3 Å². The van der Waals surface area contributed by atoms with E-state index in [0.29, 0.717) is 13.2 Å². The number of primary sulfonamides is 1. The van der Waals surface area contributed by atoms with Crippen molar-refractivity contribution in [3.63, 3.8) is 0 Å². The Morgan fingerprint density at radius 1 is 1.14 bits per heavy atom. The Balaban J connectivity index is 2.50. The predicted octanol–water partition coefficient (Wildman–Crippen LogP) is 1.98. The molecule has 0 saturated carbocycles. The summed E-state index contributed by atoms with van der Waals surface area (Å²) in [5, 5.41) is 4.89. The first kappa shape index (κ1) is 17.9. The molecule has 0 spiro atoms. The molecule has 0 amide bonds. The molecule has 0 aromatic heterocycles. The van der Waals surface area contributed by atoms with Crippen LogP contribution in [0.2, 0.25) is 0 Å². The lowest BCUT2D eigenvalue weighted by Crippen LogP contribution is -2.21. The van der Waals surface area contributed by atoms with Gasteiger partial charge in [-0.15, -0.1) is 0 Å². The standard InChI is InChI=1S/C15H25NO4S/c1-12-5-6-13(15(2,3)4)14(11-12)20-8-7-19-9-10-21(16,17)18/h5-6,11H,7-10H2,1-4H3,(H2,16,17,18). The second-order valence-corrected chi connectivity index (χ2v) is 7.81. The van der Waals surface area contributed by atoms with Crippen LogP contribution in [0.5, 0.6) is 5.75 Å². The number of rotatable bonds is 7. The highest BCUT2D eigenvalue weighted by molar-refractivity contribution is 7.89. The van der Waals surface area contributed by atoms with E-state index in [1.54, 1.807) is 0 Å². The van der Waals surface area contributed by atoms with Crippen molar-refractivity contribution < 1.29 is 17.9 Å². The van der Waals surface area contributed by atoms with Gasteiger partial charge >= 0.3 is 0 Å². The van der Waals surface area contributed by atoms with E-state index in [1.807, 2.05) is 13.0 Å². The zero-order valence-electron chi connectivity index (χ0n) is 13.2. The molecule has 0 saturated heterocycles. The van der Waals surface area contributed by atoms with Crippen molar-refractivity contribution in [2.75, 3.05) is 25.6 Å². The summed E-state index contributed by atoms with van der Waals surface area (Å²) in [7, 11) is -3.46. The molecule has 0 aliphatic rings. The molecule has 0 bridgehead atoms. The van der Waals surface area contributed by atoms with Crippen LogP contribution in [0.3, 0.4) is 0 Å². The Bertz CT molecular complexity index is 562. The van der Waals surface area contributed by atoms with Crippen LogP contribution in [0, 0.1) is 6.92 Å². The van der Waals surface area contributed by atoms with Gasteiger partial charge in [0.05, 0.1) is 19.0 Å². The van der Waals surface area contributed by atoms with Crippen molar-refractivity contribution >= 4 is 10.0 Å². The maximum absolute atomic E-state index is 10.7. The van der Waals surface area contributed by atoms with Crippen LogP contribution in [0.1, 0.15) is 31.9 Å². The number of nitrogens with two attached hydrogens (primary N) is 1. The number of ether oxygens (including phenoxy) is 2. The normalized spacial score (nSPS) is 12.4. The molecule has 0 radical (unpaired) electrons. The monoisotopic (exact) mass is 315 g/mol. The van der Waals surface area contributed by atoms with E-state index in [4.69, 9.17) is 14.6 Å². The van der Waals surface area contributed by atoms with Gasteiger partial charge in [-0.05, 0) is 29.5 Å². The molecule has 120 valence electrons. The minimum atomic E-state index is -3.46. The van der Waals surface area contributed by atoms with Gasteiger partial charge in [0.1, 0.15) is 12.4 Å².